The number of rotatable bonds is 6. The molecule has 1 aromatic heterocycles. The lowest BCUT2D eigenvalue weighted by Crippen LogP contribution is -2.49. The highest BCUT2D eigenvalue weighted by Gasteiger charge is 2.28. The molecule has 0 saturated carbocycles. The van der Waals surface area contributed by atoms with Crippen molar-refractivity contribution in [3.8, 4) is 16.3 Å². The van der Waals surface area contributed by atoms with Gasteiger partial charge in [-0.2, -0.15) is 0 Å². The molecule has 0 N–H and O–H groups in total. The van der Waals surface area contributed by atoms with Crippen molar-refractivity contribution in [1.29, 1.82) is 0 Å². The van der Waals surface area contributed by atoms with E-state index in [0.717, 1.165) is 21.9 Å². The summed E-state index contributed by atoms with van der Waals surface area (Å²) in [5.74, 6) is 0.0585. The summed E-state index contributed by atoms with van der Waals surface area (Å²) in [6.45, 7) is 9.04. The van der Waals surface area contributed by atoms with Crippen molar-refractivity contribution in [2.24, 2.45) is 0 Å². The molecular weight excluding hydrogens is 432 g/mol. The van der Waals surface area contributed by atoms with Gasteiger partial charge >= 0.3 is 12.1 Å². The summed E-state index contributed by atoms with van der Waals surface area (Å²) in [4.78, 5) is 31.8. The fourth-order valence-electron chi connectivity index (χ4n) is 3.15. The molecule has 1 amide bonds. The van der Waals surface area contributed by atoms with Crippen LogP contribution in [-0.4, -0.2) is 67.1 Å². The summed E-state index contributed by atoms with van der Waals surface area (Å²) < 4.78 is 22.1. The number of amides is 1. The van der Waals surface area contributed by atoms with E-state index in [0.29, 0.717) is 31.0 Å². The van der Waals surface area contributed by atoms with E-state index in [9.17, 15) is 9.59 Å². The molecule has 1 aliphatic rings. The Hall–Kier alpha value is -2.65. The Bertz CT molecular complexity index is 952. The molecule has 1 aliphatic heterocycles. The molecule has 2 aromatic rings. The first kappa shape index (κ1) is 24.0. The number of methoxy groups -OCH3 is 1. The first-order valence-electron chi connectivity index (χ1n) is 10.6. The fourth-order valence-corrected chi connectivity index (χ4v) is 3.99. The van der Waals surface area contributed by atoms with Crippen molar-refractivity contribution in [1.82, 2.24) is 9.88 Å². The van der Waals surface area contributed by atoms with Crippen molar-refractivity contribution in [2.45, 2.75) is 45.8 Å². The zero-order chi connectivity index (χ0) is 23.3. The molecule has 3 rings (SSSR count). The van der Waals surface area contributed by atoms with E-state index < -0.39 is 11.6 Å². The highest BCUT2D eigenvalue weighted by atomic mass is 32.1. The molecule has 2 heterocycles. The van der Waals surface area contributed by atoms with Crippen molar-refractivity contribution in [3.63, 3.8) is 0 Å². The van der Waals surface area contributed by atoms with Gasteiger partial charge < -0.3 is 23.8 Å². The van der Waals surface area contributed by atoms with Gasteiger partial charge in [0, 0.05) is 23.2 Å². The average molecular weight is 463 g/mol. The molecule has 0 aliphatic carbocycles. The zero-order valence-electron chi connectivity index (χ0n) is 19.2. The minimum atomic E-state index is -0.556. The molecule has 9 heteroatoms. The number of carbonyl (C=O) groups excluding carboxylic acids is 2. The van der Waals surface area contributed by atoms with Crippen molar-refractivity contribution >= 4 is 23.4 Å². The minimum Gasteiger partial charge on any atom is -0.491 e. The maximum absolute atomic E-state index is 12.4. The lowest BCUT2D eigenvalue weighted by Gasteiger charge is -2.34. The lowest BCUT2D eigenvalue weighted by atomic mass is 10.1. The standard InChI is InChI=1S/C23H30N2O6S/c1-6-19-12-24-20(32-19)15-9-16(21(26)28-5)11-17(10-15)30-14-18-13-25(7-8-29-18)22(27)31-23(2,3)4/h9-12,18H,6-8,13-14H2,1-5H3/t18-/m0/s1. The third-order valence-corrected chi connectivity index (χ3v) is 5.89. The van der Waals surface area contributed by atoms with Gasteiger partial charge in [0.2, 0.25) is 0 Å². The second-order valence-electron chi connectivity index (χ2n) is 8.45. The molecular formula is C23H30N2O6S. The van der Waals surface area contributed by atoms with Crippen LogP contribution in [0.1, 0.15) is 42.9 Å². The lowest BCUT2D eigenvalue weighted by molar-refractivity contribution is -0.0557. The van der Waals surface area contributed by atoms with Crippen LogP contribution in [-0.2, 0) is 20.6 Å². The highest BCUT2D eigenvalue weighted by Crippen LogP contribution is 2.30. The SMILES string of the molecule is CCc1cnc(-c2cc(OC[C@@H]3CN(C(=O)OC(C)(C)C)CCO3)cc(C(=O)OC)c2)s1. The first-order chi connectivity index (χ1) is 15.2. The molecule has 32 heavy (non-hydrogen) atoms. The summed E-state index contributed by atoms with van der Waals surface area (Å²) in [5, 5.41) is 0.808. The number of esters is 1. The van der Waals surface area contributed by atoms with Crippen LogP contribution < -0.4 is 4.74 Å². The van der Waals surface area contributed by atoms with Gasteiger partial charge in [-0.15, -0.1) is 11.3 Å². The molecule has 1 aromatic carbocycles. The van der Waals surface area contributed by atoms with Gasteiger partial charge in [-0.1, -0.05) is 6.92 Å². The summed E-state index contributed by atoms with van der Waals surface area (Å²) >= 11 is 1.58. The van der Waals surface area contributed by atoms with E-state index in [2.05, 4.69) is 11.9 Å². The maximum Gasteiger partial charge on any atom is 0.410 e. The second kappa shape index (κ2) is 10.3. The fraction of sp³-hybridized carbons (Fsp3) is 0.522. The molecule has 0 unspecified atom stereocenters. The molecule has 0 radical (unpaired) electrons. The molecule has 174 valence electrons. The number of thiazole rings is 1. The smallest absolute Gasteiger partial charge is 0.410 e. The van der Waals surface area contributed by atoms with Gasteiger partial charge in [0.05, 0.1) is 25.8 Å². The molecule has 1 fully saturated rings. The second-order valence-corrected chi connectivity index (χ2v) is 9.57. The number of morpholine rings is 1. The predicted octanol–water partition coefficient (Wildman–Crippen LogP) is 4.17. The van der Waals surface area contributed by atoms with Gasteiger partial charge in [-0.05, 0) is 45.4 Å². The third kappa shape index (κ3) is 6.43. The van der Waals surface area contributed by atoms with E-state index in [4.69, 9.17) is 18.9 Å². The van der Waals surface area contributed by atoms with E-state index in [1.165, 1.54) is 7.11 Å². The molecule has 0 spiro atoms. The number of hydrogen-bond acceptors (Lipinski definition) is 8. The largest absolute Gasteiger partial charge is 0.491 e. The van der Waals surface area contributed by atoms with E-state index in [1.54, 1.807) is 28.4 Å². The van der Waals surface area contributed by atoms with Crippen LogP contribution in [0.4, 0.5) is 4.79 Å². The number of aryl methyl sites for hydroxylation is 1. The Morgan fingerprint density at radius 2 is 2.06 bits per heavy atom. The van der Waals surface area contributed by atoms with E-state index in [1.807, 2.05) is 33.0 Å². The van der Waals surface area contributed by atoms with Crippen LogP contribution in [0.5, 0.6) is 5.75 Å². The van der Waals surface area contributed by atoms with Gasteiger partial charge in [0.15, 0.2) is 0 Å². The normalized spacial score (nSPS) is 16.5. The number of hydrogen-bond donors (Lipinski definition) is 0. The van der Waals surface area contributed by atoms with Crippen LogP contribution in [0.2, 0.25) is 0 Å². The third-order valence-electron chi connectivity index (χ3n) is 4.70. The van der Waals surface area contributed by atoms with Crippen LogP contribution in [0, 0.1) is 0 Å². The van der Waals surface area contributed by atoms with Crippen LogP contribution in [0.15, 0.2) is 24.4 Å². The van der Waals surface area contributed by atoms with Crippen LogP contribution >= 0.6 is 11.3 Å². The van der Waals surface area contributed by atoms with Gasteiger partial charge in [-0.3, -0.25) is 0 Å². The van der Waals surface area contributed by atoms with Crippen LogP contribution in [0.3, 0.4) is 0 Å². The van der Waals surface area contributed by atoms with E-state index >= 15 is 0 Å². The number of carbonyl (C=O) groups is 2. The summed E-state index contributed by atoms with van der Waals surface area (Å²) in [6.07, 6.45) is 2.06. The number of aromatic nitrogens is 1. The Morgan fingerprint density at radius 1 is 1.28 bits per heavy atom. The van der Waals surface area contributed by atoms with Gasteiger partial charge in [-0.25, -0.2) is 14.6 Å². The topological polar surface area (TPSA) is 87.2 Å². The Kier molecular flexibility index (Phi) is 7.73. The molecule has 0 bridgehead atoms. The molecule has 1 saturated heterocycles. The average Bonchev–Trinajstić information content (AvgIpc) is 3.25. The first-order valence-corrected chi connectivity index (χ1v) is 11.4. The monoisotopic (exact) mass is 462 g/mol. The zero-order valence-corrected chi connectivity index (χ0v) is 20.0. The van der Waals surface area contributed by atoms with Gasteiger partial charge in [0.25, 0.3) is 0 Å². The number of ether oxygens (including phenoxy) is 4. The van der Waals surface area contributed by atoms with Crippen LogP contribution in [0.25, 0.3) is 10.6 Å². The Labute approximate surface area is 192 Å². The van der Waals surface area contributed by atoms with Crippen molar-refractivity contribution in [2.75, 3.05) is 33.4 Å². The Balaban J connectivity index is 1.71. The van der Waals surface area contributed by atoms with Crippen molar-refractivity contribution in [3.05, 3.63) is 34.8 Å². The minimum absolute atomic E-state index is 0.224. The maximum atomic E-state index is 12.4. The summed E-state index contributed by atoms with van der Waals surface area (Å²) in [5.41, 5.74) is 0.611. The predicted molar refractivity (Wildman–Crippen MR) is 121 cm³/mol. The Morgan fingerprint density at radius 3 is 2.72 bits per heavy atom. The number of benzene rings is 1. The molecule has 8 nitrogen and oxygen atoms in total. The summed E-state index contributed by atoms with van der Waals surface area (Å²) in [6, 6.07) is 5.23. The highest BCUT2D eigenvalue weighted by molar-refractivity contribution is 7.15. The van der Waals surface area contributed by atoms with Crippen molar-refractivity contribution < 1.29 is 28.5 Å². The number of nitrogens with zero attached hydrogens (tertiary/aromatic N) is 2. The van der Waals surface area contributed by atoms with E-state index in [-0.39, 0.29) is 18.8 Å². The quantitative estimate of drug-likeness (QED) is 0.595. The molecule has 1 atom stereocenters. The van der Waals surface area contributed by atoms with Gasteiger partial charge in [0.1, 0.15) is 29.1 Å². The summed E-state index contributed by atoms with van der Waals surface area (Å²) in [7, 11) is 1.34.